The molecule has 0 bridgehead atoms. The van der Waals surface area contributed by atoms with Crippen molar-refractivity contribution in [3.05, 3.63) is 83.4 Å². The first kappa shape index (κ1) is 16.9. The Morgan fingerprint density at radius 2 is 1.60 bits per heavy atom. The van der Waals surface area contributed by atoms with E-state index in [9.17, 15) is 4.79 Å². The van der Waals surface area contributed by atoms with Gasteiger partial charge in [-0.05, 0) is 61.0 Å². The Morgan fingerprint density at radius 3 is 2.28 bits per heavy atom. The second kappa shape index (κ2) is 7.73. The molecule has 0 aromatic heterocycles. The number of hydrogen-bond acceptors (Lipinski definition) is 2. The zero-order chi connectivity index (χ0) is 17.6. The highest BCUT2D eigenvalue weighted by atomic mass is 35.5. The molecule has 2 N–H and O–H groups in total. The number of ether oxygens (including phenoxy) is 1. The van der Waals surface area contributed by atoms with E-state index in [4.69, 9.17) is 16.3 Å². The van der Waals surface area contributed by atoms with E-state index < -0.39 is 0 Å². The minimum Gasteiger partial charge on any atom is -0.457 e. The van der Waals surface area contributed by atoms with Gasteiger partial charge in [0.2, 0.25) is 0 Å². The fourth-order valence-electron chi connectivity index (χ4n) is 2.32. The molecule has 0 saturated heterocycles. The topological polar surface area (TPSA) is 50.4 Å². The lowest BCUT2D eigenvalue weighted by Gasteiger charge is -2.12. The molecule has 0 unspecified atom stereocenters. The number of carbonyl (C=O) groups is 1. The van der Waals surface area contributed by atoms with Crippen molar-refractivity contribution >= 4 is 29.0 Å². The standard InChI is InChI=1S/C20H17ClN2O2/c1-14-12-17(10-11-19(14)25-18-8-3-2-4-9-18)23-20(24)22-16-7-5-6-15(21)13-16/h2-13H,1H3,(H2,22,23,24). The van der Waals surface area contributed by atoms with Crippen LogP contribution in [0.5, 0.6) is 11.5 Å². The molecule has 0 aliphatic rings. The van der Waals surface area contributed by atoms with E-state index in [0.717, 1.165) is 17.1 Å². The quantitative estimate of drug-likeness (QED) is 0.597. The Kier molecular flexibility index (Phi) is 5.21. The number of urea groups is 1. The molecule has 0 aliphatic carbocycles. The lowest BCUT2D eigenvalue weighted by Crippen LogP contribution is -2.19. The molecule has 0 atom stereocenters. The summed E-state index contributed by atoms with van der Waals surface area (Å²) >= 11 is 5.91. The van der Waals surface area contributed by atoms with Gasteiger partial charge in [0.15, 0.2) is 0 Å². The average molecular weight is 353 g/mol. The smallest absolute Gasteiger partial charge is 0.323 e. The summed E-state index contributed by atoms with van der Waals surface area (Å²) in [5.74, 6) is 1.51. The summed E-state index contributed by atoms with van der Waals surface area (Å²) in [6.45, 7) is 1.93. The monoisotopic (exact) mass is 352 g/mol. The highest BCUT2D eigenvalue weighted by Gasteiger charge is 2.06. The van der Waals surface area contributed by atoms with Crippen LogP contribution in [-0.2, 0) is 0 Å². The number of nitrogens with one attached hydrogen (secondary N) is 2. The third-order valence-corrected chi connectivity index (χ3v) is 3.72. The molecule has 3 rings (SSSR count). The van der Waals surface area contributed by atoms with Crippen LogP contribution >= 0.6 is 11.6 Å². The van der Waals surface area contributed by atoms with Gasteiger partial charge >= 0.3 is 6.03 Å². The summed E-state index contributed by atoms with van der Waals surface area (Å²) in [5, 5.41) is 6.10. The molecule has 3 aromatic rings. The van der Waals surface area contributed by atoms with Crippen molar-refractivity contribution in [1.29, 1.82) is 0 Å². The Bertz CT molecular complexity index is 882. The minimum atomic E-state index is -0.335. The number of aryl methyl sites for hydroxylation is 1. The van der Waals surface area contributed by atoms with E-state index >= 15 is 0 Å². The Labute approximate surface area is 151 Å². The molecule has 126 valence electrons. The third-order valence-electron chi connectivity index (χ3n) is 3.49. The summed E-state index contributed by atoms with van der Waals surface area (Å²) in [5.41, 5.74) is 2.23. The summed E-state index contributed by atoms with van der Waals surface area (Å²) in [7, 11) is 0. The first-order valence-electron chi connectivity index (χ1n) is 7.77. The van der Waals surface area contributed by atoms with Gasteiger partial charge in [0, 0.05) is 16.4 Å². The van der Waals surface area contributed by atoms with Gasteiger partial charge in [-0.2, -0.15) is 0 Å². The highest BCUT2D eigenvalue weighted by Crippen LogP contribution is 2.27. The van der Waals surface area contributed by atoms with E-state index in [2.05, 4.69) is 10.6 Å². The van der Waals surface area contributed by atoms with E-state index in [0.29, 0.717) is 16.4 Å². The Hall–Kier alpha value is -2.98. The Morgan fingerprint density at radius 1 is 0.880 bits per heavy atom. The van der Waals surface area contributed by atoms with Gasteiger partial charge in [0.25, 0.3) is 0 Å². The van der Waals surface area contributed by atoms with Gasteiger partial charge in [-0.25, -0.2) is 4.79 Å². The Balaban J connectivity index is 1.65. The number of rotatable bonds is 4. The van der Waals surface area contributed by atoms with Gasteiger partial charge in [0.05, 0.1) is 0 Å². The molecular formula is C20H17ClN2O2. The van der Waals surface area contributed by atoms with Crippen LogP contribution in [0.4, 0.5) is 16.2 Å². The molecule has 0 heterocycles. The number of amides is 2. The third kappa shape index (κ3) is 4.75. The fraction of sp³-hybridized carbons (Fsp3) is 0.0500. The average Bonchev–Trinajstić information content (AvgIpc) is 2.58. The number of halogens is 1. The summed E-state index contributed by atoms with van der Waals surface area (Å²) < 4.78 is 5.83. The molecule has 25 heavy (non-hydrogen) atoms. The SMILES string of the molecule is Cc1cc(NC(=O)Nc2cccc(Cl)c2)ccc1Oc1ccccc1. The van der Waals surface area contributed by atoms with Crippen LogP contribution in [0.2, 0.25) is 5.02 Å². The summed E-state index contributed by atoms with van der Waals surface area (Å²) in [4.78, 5) is 12.1. The maximum Gasteiger partial charge on any atom is 0.323 e. The van der Waals surface area contributed by atoms with Gasteiger partial charge in [-0.3, -0.25) is 0 Å². The van der Waals surface area contributed by atoms with Gasteiger partial charge in [-0.1, -0.05) is 35.9 Å². The molecule has 5 heteroatoms. The molecular weight excluding hydrogens is 336 g/mol. The lowest BCUT2D eigenvalue weighted by atomic mass is 10.2. The van der Waals surface area contributed by atoms with Crippen LogP contribution in [0.1, 0.15) is 5.56 Å². The van der Waals surface area contributed by atoms with Crippen molar-refractivity contribution in [2.24, 2.45) is 0 Å². The first-order valence-corrected chi connectivity index (χ1v) is 8.15. The maximum absolute atomic E-state index is 12.1. The van der Waals surface area contributed by atoms with E-state index in [1.807, 2.05) is 49.4 Å². The number of carbonyl (C=O) groups excluding carboxylic acids is 1. The summed E-state index contributed by atoms with van der Waals surface area (Å²) in [6.07, 6.45) is 0. The van der Waals surface area contributed by atoms with Gasteiger partial charge < -0.3 is 15.4 Å². The fourth-order valence-corrected chi connectivity index (χ4v) is 2.51. The van der Waals surface area contributed by atoms with Crippen LogP contribution in [0.3, 0.4) is 0 Å². The number of hydrogen-bond donors (Lipinski definition) is 2. The molecule has 2 amide bonds. The van der Waals surface area contributed by atoms with Crippen molar-refractivity contribution in [2.45, 2.75) is 6.92 Å². The normalized spacial score (nSPS) is 10.2. The number of para-hydroxylation sites is 1. The molecule has 0 saturated carbocycles. The second-order valence-electron chi connectivity index (χ2n) is 5.48. The van der Waals surface area contributed by atoms with E-state index in [1.54, 1.807) is 30.3 Å². The van der Waals surface area contributed by atoms with Crippen LogP contribution in [-0.4, -0.2) is 6.03 Å². The van der Waals surface area contributed by atoms with Crippen LogP contribution in [0, 0.1) is 6.92 Å². The van der Waals surface area contributed by atoms with E-state index in [-0.39, 0.29) is 6.03 Å². The summed E-state index contributed by atoms with van der Waals surface area (Å²) in [6, 6.07) is 21.7. The van der Waals surface area contributed by atoms with Crippen LogP contribution in [0.15, 0.2) is 72.8 Å². The molecule has 0 spiro atoms. The molecule has 0 fully saturated rings. The van der Waals surface area contributed by atoms with E-state index in [1.165, 1.54) is 0 Å². The molecule has 0 radical (unpaired) electrons. The minimum absolute atomic E-state index is 0.335. The maximum atomic E-state index is 12.1. The van der Waals surface area contributed by atoms with Crippen molar-refractivity contribution in [3.63, 3.8) is 0 Å². The lowest BCUT2D eigenvalue weighted by molar-refractivity contribution is 0.262. The molecule has 4 nitrogen and oxygen atoms in total. The van der Waals surface area contributed by atoms with Gasteiger partial charge in [-0.15, -0.1) is 0 Å². The highest BCUT2D eigenvalue weighted by molar-refractivity contribution is 6.30. The van der Waals surface area contributed by atoms with Crippen LogP contribution in [0.25, 0.3) is 0 Å². The zero-order valence-electron chi connectivity index (χ0n) is 13.6. The zero-order valence-corrected chi connectivity index (χ0v) is 14.4. The number of anilines is 2. The predicted molar refractivity (Wildman–Crippen MR) is 102 cm³/mol. The van der Waals surface area contributed by atoms with Crippen LogP contribution < -0.4 is 15.4 Å². The molecule has 0 aliphatic heterocycles. The van der Waals surface area contributed by atoms with Crippen molar-refractivity contribution < 1.29 is 9.53 Å². The van der Waals surface area contributed by atoms with Gasteiger partial charge in [0.1, 0.15) is 11.5 Å². The van der Waals surface area contributed by atoms with Crippen molar-refractivity contribution in [3.8, 4) is 11.5 Å². The number of benzene rings is 3. The molecule has 3 aromatic carbocycles. The predicted octanol–water partition coefficient (Wildman–Crippen LogP) is 6.08. The first-order chi connectivity index (χ1) is 12.1. The van der Waals surface area contributed by atoms with Crippen molar-refractivity contribution in [1.82, 2.24) is 0 Å². The largest absolute Gasteiger partial charge is 0.457 e. The second-order valence-corrected chi connectivity index (χ2v) is 5.92. The van der Waals surface area contributed by atoms with Crippen molar-refractivity contribution in [2.75, 3.05) is 10.6 Å².